The topological polar surface area (TPSA) is 29.5 Å². The normalized spacial score (nSPS) is 29.3. The summed E-state index contributed by atoms with van der Waals surface area (Å²) < 4.78 is 132. The summed E-state index contributed by atoms with van der Waals surface area (Å²) >= 11 is 0. The van der Waals surface area contributed by atoms with Gasteiger partial charge in [-0.25, -0.2) is 4.39 Å². The van der Waals surface area contributed by atoms with Crippen LogP contribution in [0, 0.1) is 17.8 Å². The van der Waals surface area contributed by atoms with E-state index < -0.39 is 48.9 Å². The van der Waals surface area contributed by atoms with Crippen molar-refractivity contribution in [3.8, 4) is 0 Å². The van der Waals surface area contributed by atoms with Crippen molar-refractivity contribution in [3.63, 3.8) is 0 Å². The van der Waals surface area contributed by atoms with E-state index in [4.69, 9.17) is 5.11 Å². The van der Waals surface area contributed by atoms with Gasteiger partial charge in [0.2, 0.25) is 6.17 Å². The van der Waals surface area contributed by atoms with E-state index in [0.29, 0.717) is 12.8 Å². The van der Waals surface area contributed by atoms with Crippen molar-refractivity contribution in [2.24, 2.45) is 17.8 Å². The van der Waals surface area contributed by atoms with Crippen molar-refractivity contribution in [2.45, 2.75) is 49.2 Å². The number of ether oxygens (including phenoxy) is 1. The number of rotatable bonds is 7. The number of allylic oxidation sites excluding steroid dienone is 2. The summed E-state index contributed by atoms with van der Waals surface area (Å²) in [6.07, 6.45) is -16.6. The Hall–Kier alpha value is -1.04. The minimum atomic E-state index is -6.92. The molecule has 0 radical (unpaired) electrons. The standard InChI is InChI=1S/C14H14F10O2/c15-9(10(25)11(16,17)13(20,21)14(22,23)24)12(18,19)26-5-8-4-6-1-2-7(8)3-6/h1-2,6-10,25H,3-5H2. The van der Waals surface area contributed by atoms with Crippen LogP contribution in [0.4, 0.5) is 43.9 Å². The predicted molar refractivity (Wildman–Crippen MR) is 66.6 cm³/mol. The molecule has 5 atom stereocenters. The lowest BCUT2D eigenvalue weighted by atomic mass is 9.94. The first-order valence-corrected chi connectivity index (χ1v) is 7.46. The van der Waals surface area contributed by atoms with Crippen LogP contribution in [0.25, 0.3) is 0 Å². The van der Waals surface area contributed by atoms with Crippen molar-refractivity contribution in [2.75, 3.05) is 6.61 Å². The Bertz CT molecular complexity index is 544. The van der Waals surface area contributed by atoms with Crippen molar-refractivity contribution < 1.29 is 53.7 Å². The first-order chi connectivity index (χ1) is 11.6. The van der Waals surface area contributed by atoms with Crippen LogP contribution in [0.1, 0.15) is 12.8 Å². The van der Waals surface area contributed by atoms with Crippen LogP contribution >= 0.6 is 0 Å². The highest BCUT2D eigenvalue weighted by molar-refractivity contribution is 5.10. The molecule has 1 saturated carbocycles. The number of halogens is 10. The van der Waals surface area contributed by atoms with Gasteiger partial charge in [0.05, 0.1) is 6.61 Å². The maximum Gasteiger partial charge on any atom is 0.459 e. The van der Waals surface area contributed by atoms with E-state index in [1.54, 1.807) is 6.08 Å². The third-order valence-corrected chi connectivity index (χ3v) is 4.65. The van der Waals surface area contributed by atoms with Crippen LogP contribution in [0.5, 0.6) is 0 Å². The second kappa shape index (κ2) is 6.54. The van der Waals surface area contributed by atoms with Crippen molar-refractivity contribution in [1.82, 2.24) is 0 Å². The van der Waals surface area contributed by atoms with Gasteiger partial charge in [-0.1, -0.05) is 12.2 Å². The molecule has 0 amide bonds. The van der Waals surface area contributed by atoms with Crippen LogP contribution in [0.3, 0.4) is 0 Å². The molecule has 2 nitrogen and oxygen atoms in total. The third-order valence-electron chi connectivity index (χ3n) is 4.65. The molecule has 12 heteroatoms. The minimum absolute atomic E-state index is 0.101. The third kappa shape index (κ3) is 3.54. The quantitative estimate of drug-likeness (QED) is 0.506. The van der Waals surface area contributed by atoms with Gasteiger partial charge in [0.1, 0.15) is 0 Å². The molecule has 0 spiro atoms. The van der Waals surface area contributed by atoms with Gasteiger partial charge in [0, 0.05) is 0 Å². The molecule has 0 aliphatic heterocycles. The zero-order chi connectivity index (χ0) is 20.1. The molecule has 2 bridgehead atoms. The Kier molecular flexibility index (Phi) is 5.35. The summed E-state index contributed by atoms with van der Waals surface area (Å²) in [5, 5.41) is 8.80. The highest BCUT2D eigenvalue weighted by Crippen LogP contribution is 2.50. The minimum Gasteiger partial charge on any atom is -0.383 e. The largest absolute Gasteiger partial charge is 0.459 e. The monoisotopic (exact) mass is 404 g/mol. The van der Waals surface area contributed by atoms with Gasteiger partial charge < -0.3 is 9.84 Å². The van der Waals surface area contributed by atoms with E-state index >= 15 is 0 Å². The molecule has 0 aromatic carbocycles. The Morgan fingerprint density at radius 1 is 0.962 bits per heavy atom. The average molecular weight is 404 g/mol. The van der Waals surface area contributed by atoms with E-state index in [1.807, 2.05) is 6.08 Å². The second-order valence-electron chi connectivity index (χ2n) is 6.45. The highest BCUT2D eigenvalue weighted by Gasteiger charge is 2.77. The molecule has 0 saturated heterocycles. The summed E-state index contributed by atoms with van der Waals surface area (Å²) in [5.41, 5.74) is 0. The summed E-state index contributed by atoms with van der Waals surface area (Å²) in [6.45, 7) is -0.827. The molecule has 26 heavy (non-hydrogen) atoms. The Morgan fingerprint density at radius 2 is 1.54 bits per heavy atom. The molecular weight excluding hydrogens is 390 g/mol. The molecule has 2 rings (SSSR count). The highest BCUT2D eigenvalue weighted by atomic mass is 19.4. The van der Waals surface area contributed by atoms with Crippen molar-refractivity contribution in [1.29, 1.82) is 0 Å². The number of hydrogen-bond acceptors (Lipinski definition) is 2. The molecule has 152 valence electrons. The zero-order valence-electron chi connectivity index (χ0n) is 12.8. The van der Waals surface area contributed by atoms with Crippen LogP contribution in [-0.4, -0.2) is 48.1 Å². The summed E-state index contributed by atoms with van der Waals surface area (Å²) in [5.74, 6) is -14.0. The smallest absolute Gasteiger partial charge is 0.383 e. The maximum atomic E-state index is 13.5. The number of hydrogen-bond donors (Lipinski definition) is 1. The number of aliphatic hydroxyl groups is 1. The summed E-state index contributed by atoms with van der Waals surface area (Å²) in [7, 11) is 0. The van der Waals surface area contributed by atoms with Gasteiger partial charge >= 0.3 is 24.1 Å². The first kappa shape index (κ1) is 21.3. The fourth-order valence-corrected chi connectivity index (χ4v) is 3.13. The Labute approximate surface area is 140 Å². The fraction of sp³-hybridized carbons (Fsp3) is 0.857. The van der Waals surface area contributed by atoms with Crippen LogP contribution < -0.4 is 0 Å². The SMILES string of the molecule is OC(C(F)C(F)(F)OCC1CC2C=CC1C2)C(F)(F)C(F)(F)C(F)(F)F. The lowest BCUT2D eigenvalue weighted by Gasteiger charge is -2.34. The zero-order valence-corrected chi connectivity index (χ0v) is 12.8. The lowest BCUT2D eigenvalue weighted by Crippen LogP contribution is -2.62. The van der Waals surface area contributed by atoms with E-state index in [-0.39, 0.29) is 11.8 Å². The van der Waals surface area contributed by atoms with Crippen LogP contribution in [-0.2, 0) is 4.74 Å². The Morgan fingerprint density at radius 3 is 1.96 bits per heavy atom. The van der Waals surface area contributed by atoms with Crippen LogP contribution in [0.15, 0.2) is 12.2 Å². The van der Waals surface area contributed by atoms with Gasteiger partial charge in [-0.2, -0.15) is 39.5 Å². The molecule has 2 aliphatic carbocycles. The van der Waals surface area contributed by atoms with Crippen LogP contribution in [0.2, 0.25) is 0 Å². The molecule has 0 aromatic heterocycles. The predicted octanol–water partition coefficient (Wildman–Crippen LogP) is 4.34. The van der Waals surface area contributed by atoms with Gasteiger partial charge in [0.25, 0.3) is 0 Å². The van der Waals surface area contributed by atoms with E-state index in [0.717, 1.165) is 0 Å². The van der Waals surface area contributed by atoms with E-state index in [9.17, 15) is 43.9 Å². The molecular formula is C14H14F10O2. The molecule has 1 fully saturated rings. The summed E-state index contributed by atoms with van der Waals surface area (Å²) in [6, 6.07) is 0. The second-order valence-corrected chi connectivity index (χ2v) is 6.45. The molecule has 5 unspecified atom stereocenters. The average Bonchev–Trinajstić information content (AvgIpc) is 3.12. The number of fused-ring (bicyclic) bond motifs is 2. The number of aliphatic hydroxyl groups excluding tert-OH is 1. The summed E-state index contributed by atoms with van der Waals surface area (Å²) in [4.78, 5) is 0. The number of alkyl halides is 10. The fourth-order valence-electron chi connectivity index (χ4n) is 3.13. The van der Waals surface area contributed by atoms with E-state index in [1.165, 1.54) is 0 Å². The van der Waals surface area contributed by atoms with E-state index in [2.05, 4.69) is 4.74 Å². The van der Waals surface area contributed by atoms with Gasteiger partial charge in [-0.05, 0) is 30.6 Å². The van der Waals surface area contributed by atoms with Crippen molar-refractivity contribution in [3.05, 3.63) is 12.2 Å². The first-order valence-electron chi connectivity index (χ1n) is 7.46. The van der Waals surface area contributed by atoms with Crippen molar-refractivity contribution >= 4 is 0 Å². The van der Waals surface area contributed by atoms with Gasteiger partial charge in [-0.15, -0.1) is 0 Å². The maximum absolute atomic E-state index is 13.5. The van der Waals surface area contributed by atoms with Gasteiger partial charge in [-0.3, -0.25) is 0 Å². The van der Waals surface area contributed by atoms with Gasteiger partial charge in [0.15, 0.2) is 6.10 Å². The molecule has 1 N–H and O–H groups in total. The lowest BCUT2D eigenvalue weighted by molar-refractivity contribution is -0.387. The Balaban J connectivity index is 2.05. The molecule has 0 aromatic rings. The molecule has 0 heterocycles. The molecule has 2 aliphatic rings.